The number of hydrogen-bond donors (Lipinski definition) is 1. The predicted octanol–water partition coefficient (Wildman–Crippen LogP) is 1.86. The third kappa shape index (κ3) is 4.51. The highest BCUT2D eigenvalue weighted by atomic mass is 32.2. The summed E-state index contributed by atoms with van der Waals surface area (Å²) >= 11 is 0. The van der Waals surface area contributed by atoms with Crippen LogP contribution in [-0.2, 0) is 28.1 Å². The molecular formula is C10H22NO6PS. The molecule has 0 aromatic carbocycles. The third-order valence-corrected chi connectivity index (χ3v) is 6.04. The molecule has 7 nitrogen and oxygen atoms in total. The first-order valence-electron chi connectivity index (χ1n) is 6.33. The van der Waals surface area contributed by atoms with Crippen LogP contribution in [0.5, 0.6) is 0 Å². The second-order valence-electron chi connectivity index (χ2n) is 4.67. The summed E-state index contributed by atoms with van der Waals surface area (Å²) in [5.41, 5.74) is 0. The Bertz CT molecular complexity index is 427. The zero-order valence-electron chi connectivity index (χ0n) is 11.7. The predicted molar refractivity (Wildman–Crippen MR) is 71.0 cm³/mol. The van der Waals surface area contributed by atoms with Crippen molar-refractivity contribution in [2.45, 2.75) is 46.0 Å². The summed E-state index contributed by atoms with van der Waals surface area (Å²) in [5.74, 6) is -0.909. The number of hydrogen-bond acceptors (Lipinski definition) is 6. The van der Waals surface area contributed by atoms with Crippen molar-refractivity contribution in [3.8, 4) is 0 Å². The van der Waals surface area contributed by atoms with Gasteiger partial charge in [0.1, 0.15) is 0 Å². The molecule has 0 aliphatic carbocycles. The van der Waals surface area contributed by atoms with Crippen molar-refractivity contribution in [1.82, 2.24) is 4.72 Å². The van der Waals surface area contributed by atoms with Gasteiger partial charge in [-0.3, -0.25) is 4.57 Å². The average Bonchev–Trinajstić information content (AvgIpc) is 2.54. The minimum atomic E-state index is -3.89. The van der Waals surface area contributed by atoms with E-state index in [1.165, 1.54) is 0 Å². The maximum atomic E-state index is 12.6. The molecule has 0 amide bonds. The van der Waals surface area contributed by atoms with Crippen molar-refractivity contribution in [3.05, 3.63) is 0 Å². The van der Waals surface area contributed by atoms with Crippen molar-refractivity contribution >= 4 is 17.9 Å². The van der Waals surface area contributed by atoms with Gasteiger partial charge >= 0.3 is 17.9 Å². The van der Waals surface area contributed by atoms with E-state index in [4.69, 9.17) is 13.2 Å². The highest BCUT2D eigenvalue weighted by Gasteiger charge is 2.51. The van der Waals surface area contributed by atoms with E-state index in [2.05, 4.69) is 4.72 Å². The fourth-order valence-corrected chi connectivity index (χ4v) is 5.59. The Morgan fingerprint density at radius 2 is 1.79 bits per heavy atom. The number of nitrogens with one attached hydrogen (secondary N) is 1. The molecule has 114 valence electrons. The van der Waals surface area contributed by atoms with E-state index in [0.717, 1.165) is 0 Å². The molecule has 0 aromatic heterocycles. The van der Waals surface area contributed by atoms with Crippen LogP contribution in [0.1, 0.15) is 34.1 Å². The van der Waals surface area contributed by atoms with Crippen LogP contribution in [0.3, 0.4) is 0 Å². The SMILES string of the molecule is CCOP(=O)(OCC)[C@H]1OS(=O)(=O)N[C@H]1CC(C)C. The molecule has 0 radical (unpaired) electrons. The van der Waals surface area contributed by atoms with Crippen molar-refractivity contribution in [2.75, 3.05) is 13.2 Å². The lowest BCUT2D eigenvalue weighted by atomic mass is 10.1. The highest BCUT2D eigenvalue weighted by Crippen LogP contribution is 2.57. The van der Waals surface area contributed by atoms with E-state index in [1.807, 2.05) is 13.8 Å². The Kier molecular flexibility index (Phi) is 5.97. The monoisotopic (exact) mass is 315 g/mol. The maximum absolute atomic E-state index is 12.6. The third-order valence-electron chi connectivity index (χ3n) is 2.52. The molecular weight excluding hydrogens is 293 g/mol. The van der Waals surface area contributed by atoms with Gasteiger partial charge in [-0.25, -0.2) is 4.18 Å². The van der Waals surface area contributed by atoms with Crippen molar-refractivity contribution in [2.24, 2.45) is 5.92 Å². The van der Waals surface area contributed by atoms with Gasteiger partial charge in [-0.2, -0.15) is 13.1 Å². The molecule has 1 aliphatic rings. The summed E-state index contributed by atoms with van der Waals surface area (Å²) in [7, 11) is -7.52. The topological polar surface area (TPSA) is 90.9 Å². The zero-order valence-corrected chi connectivity index (χ0v) is 13.4. The van der Waals surface area contributed by atoms with Gasteiger partial charge in [0.25, 0.3) is 0 Å². The summed E-state index contributed by atoms with van der Waals surface area (Å²) in [6.45, 7) is 7.53. The van der Waals surface area contributed by atoms with Gasteiger partial charge in [-0.05, 0) is 26.2 Å². The van der Waals surface area contributed by atoms with E-state index in [0.29, 0.717) is 6.42 Å². The van der Waals surface area contributed by atoms with Crippen LogP contribution >= 0.6 is 7.60 Å². The van der Waals surface area contributed by atoms with Crippen molar-refractivity contribution in [3.63, 3.8) is 0 Å². The lowest BCUT2D eigenvalue weighted by Crippen LogP contribution is -2.33. The normalized spacial score (nSPS) is 27.0. The van der Waals surface area contributed by atoms with E-state index in [9.17, 15) is 13.0 Å². The van der Waals surface area contributed by atoms with Gasteiger partial charge in [0.2, 0.25) is 0 Å². The molecule has 2 atom stereocenters. The second kappa shape index (κ2) is 6.65. The fourth-order valence-electron chi connectivity index (χ4n) is 1.96. The summed E-state index contributed by atoms with van der Waals surface area (Å²) in [6, 6.07) is -0.603. The summed E-state index contributed by atoms with van der Waals surface area (Å²) in [6.07, 6.45) is 0.494. The summed E-state index contributed by atoms with van der Waals surface area (Å²) in [4.78, 5) is 0. The van der Waals surface area contributed by atoms with Gasteiger partial charge in [0.15, 0.2) is 5.85 Å². The second-order valence-corrected chi connectivity index (χ2v) is 8.11. The molecule has 1 saturated heterocycles. The largest absolute Gasteiger partial charge is 0.362 e. The van der Waals surface area contributed by atoms with Gasteiger partial charge in [0.05, 0.1) is 19.3 Å². The molecule has 1 rings (SSSR count). The lowest BCUT2D eigenvalue weighted by Gasteiger charge is -2.25. The van der Waals surface area contributed by atoms with E-state index < -0.39 is 29.8 Å². The van der Waals surface area contributed by atoms with Gasteiger partial charge in [-0.1, -0.05) is 13.8 Å². The molecule has 1 N–H and O–H groups in total. The first kappa shape index (κ1) is 17.1. The number of rotatable bonds is 7. The van der Waals surface area contributed by atoms with Crippen LogP contribution < -0.4 is 4.72 Å². The molecule has 9 heteroatoms. The quantitative estimate of drug-likeness (QED) is 0.721. The first-order valence-corrected chi connectivity index (χ1v) is 9.35. The van der Waals surface area contributed by atoms with Crippen molar-refractivity contribution in [1.29, 1.82) is 0 Å². The Balaban J connectivity index is 3.01. The van der Waals surface area contributed by atoms with Gasteiger partial charge in [-0.15, -0.1) is 0 Å². The Morgan fingerprint density at radius 3 is 2.21 bits per heavy atom. The highest BCUT2D eigenvalue weighted by molar-refractivity contribution is 7.85. The zero-order chi connectivity index (χ0) is 14.7. The van der Waals surface area contributed by atoms with E-state index in [1.54, 1.807) is 13.8 Å². The van der Waals surface area contributed by atoms with E-state index >= 15 is 0 Å². The van der Waals surface area contributed by atoms with Crippen LogP contribution in [-0.4, -0.2) is 33.5 Å². The minimum absolute atomic E-state index is 0.158. The Hall–Kier alpha value is 0.0200. The summed E-state index contributed by atoms with van der Waals surface area (Å²) in [5, 5.41) is 0. The minimum Gasteiger partial charge on any atom is -0.307 e. The molecule has 19 heavy (non-hydrogen) atoms. The molecule has 0 spiro atoms. The van der Waals surface area contributed by atoms with Gasteiger partial charge in [0, 0.05) is 0 Å². The lowest BCUT2D eigenvalue weighted by molar-refractivity contribution is 0.160. The van der Waals surface area contributed by atoms with Crippen LogP contribution in [0.25, 0.3) is 0 Å². The Labute approximate surface area is 114 Å². The maximum Gasteiger partial charge on any atom is 0.362 e. The fraction of sp³-hybridized carbons (Fsp3) is 1.00. The van der Waals surface area contributed by atoms with Crippen LogP contribution in [0.2, 0.25) is 0 Å². The first-order chi connectivity index (χ1) is 8.74. The average molecular weight is 315 g/mol. The van der Waals surface area contributed by atoms with Crippen molar-refractivity contribution < 1.29 is 26.2 Å². The molecule has 1 heterocycles. The standard InChI is InChI=1S/C10H22NO6PS/c1-5-15-18(12,16-6-2)10-9(7-8(3)4)11-19(13,14)17-10/h8-11H,5-7H2,1-4H3/t9-,10+/m0/s1. The molecule has 0 aromatic rings. The van der Waals surface area contributed by atoms with Crippen LogP contribution in [0.15, 0.2) is 0 Å². The van der Waals surface area contributed by atoms with Gasteiger partial charge < -0.3 is 9.05 Å². The smallest absolute Gasteiger partial charge is 0.307 e. The van der Waals surface area contributed by atoms with Crippen LogP contribution in [0, 0.1) is 5.92 Å². The Morgan fingerprint density at radius 1 is 1.26 bits per heavy atom. The molecule has 0 bridgehead atoms. The molecule has 1 fully saturated rings. The summed E-state index contributed by atoms with van der Waals surface area (Å²) < 4.78 is 53.2. The molecule has 0 saturated carbocycles. The molecule has 0 unspecified atom stereocenters. The van der Waals surface area contributed by atoms with Crippen LogP contribution in [0.4, 0.5) is 0 Å². The molecule has 1 aliphatic heterocycles. The van der Waals surface area contributed by atoms with E-state index in [-0.39, 0.29) is 19.1 Å².